The number of ketones is 2. The van der Waals surface area contributed by atoms with E-state index in [1.54, 1.807) is 0 Å². The Bertz CT molecular complexity index is 221. The molecule has 1 atom stereocenters. The summed E-state index contributed by atoms with van der Waals surface area (Å²) < 4.78 is 0. The van der Waals surface area contributed by atoms with Crippen LogP contribution in [0.2, 0.25) is 0 Å². The molecule has 0 rings (SSSR count). The van der Waals surface area contributed by atoms with Crippen molar-refractivity contribution in [2.45, 2.75) is 25.4 Å². The zero-order valence-electron chi connectivity index (χ0n) is 6.93. The molecule has 0 amide bonds. The van der Waals surface area contributed by atoms with E-state index in [9.17, 15) is 19.2 Å². The molecule has 0 bridgehead atoms. The molecule has 13 heavy (non-hydrogen) atoms. The maximum atomic E-state index is 10.9. The van der Waals surface area contributed by atoms with Gasteiger partial charge < -0.3 is 14.7 Å². The molecule has 0 heterocycles. The number of carbonyl (C=O) groups excluding carboxylic acids is 4. The highest BCUT2D eigenvalue weighted by atomic mass is 16.3. The highest BCUT2D eigenvalue weighted by molar-refractivity contribution is 6.39. The Morgan fingerprint density at radius 3 is 2.31 bits per heavy atom. The van der Waals surface area contributed by atoms with Crippen LogP contribution < -0.4 is 0 Å². The molecule has 5 heteroatoms. The minimum atomic E-state index is -1.56. The summed E-state index contributed by atoms with van der Waals surface area (Å²) in [6.45, 7) is 0. The van der Waals surface area contributed by atoms with Gasteiger partial charge in [-0.05, 0) is 0 Å². The Morgan fingerprint density at radius 2 is 1.85 bits per heavy atom. The summed E-state index contributed by atoms with van der Waals surface area (Å²) in [6.07, 6.45) is -1.33. The minimum absolute atomic E-state index is 0.0433. The van der Waals surface area contributed by atoms with E-state index in [0.717, 1.165) is 0 Å². The molecule has 0 fully saturated rings. The van der Waals surface area contributed by atoms with E-state index in [1.165, 1.54) is 0 Å². The monoisotopic (exact) mass is 186 g/mol. The third kappa shape index (κ3) is 4.27. The summed E-state index contributed by atoms with van der Waals surface area (Å²) in [4.78, 5) is 41.4. The van der Waals surface area contributed by atoms with Crippen LogP contribution in [0.5, 0.6) is 0 Å². The number of hydrogen-bond donors (Lipinski definition) is 1. The molecule has 0 spiro atoms. The number of aliphatic hydroxyl groups is 1. The van der Waals surface area contributed by atoms with Crippen LogP contribution in [0, 0.1) is 0 Å². The van der Waals surface area contributed by atoms with Gasteiger partial charge in [-0.25, -0.2) is 0 Å². The third-order valence-corrected chi connectivity index (χ3v) is 1.39. The normalized spacial score (nSPS) is 11.8. The summed E-state index contributed by atoms with van der Waals surface area (Å²) in [6, 6.07) is 0. The second kappa shape index (κ2) is 6.19. The Labute approximate surface area is 74.7 Å². The van der Waals surface area contributed by atoms with Crippen LogP contribution >= 0.6 is 0 Å². The summed E-state index contributed by atoms with van der Waals surface area (Å²) in [5, 5.41) is 8.90. The topological polar surface area (TPSA) is 88.5 Å². The molecular weight excluding hydrogens is 176 g/mol. The first-order valence-electron chi connectivity index (χ1n) is 3.75. The van der Waals surface area contributed by atoms with Gasteiger partial charge in [0.2, 0.25) is 11.6 Å². The predicted molar refractivity (Wildman–Crippen MR) is 42.0 cm³/mol. The molecule has 0 aromatic carbocycles. The first-order valence-corrected chi connectivity index (χ1v) is 3.75. The molecule has 0 aromatic rings. The van der Waals surface area contributed by atoms with Crippen molar-refractivity contribution < 1.29 is 24.3 Å². The number of aliphatic hydroxyl groups excluding tert-OH is 1. The lowest BCUT2D eigenvalue weighted by Gasteiger charge is -2.02. The van der Waals surface area contributed by atoms with Gasteiger partial charge in [-0.15, -0.1) is 0 Å². The average Bonchev–Trinajstić information content (AvgIpc) is 2.13. The summed E-state index contributed by atoms with van der Waals surface area (Å²) in [5.41, 5.74) is 0. The predicted octanol–water partition coefficient (Wildman–Crippen LogP) is -0.946. The SMILES string of the molecule is O=CCCC(=O)C(=O)C(O)CC=O. The van der Waals surface area contributed by atoms with Crippen LogP contribution in [0.15, 0.2) is 0 Å². The fraction of sp³-hybridized carbons (Fsp3) is 0.500. The van der Waals surface area contributed by atoms with Crippen molar-refractivity contribution in [3.05, 3.63) is 0 Å². The largest absolute Gasteiger partial charge is 0.384 e. The zero-order valence-corrected chi connectivity index (χ0v) is 6.93. The van der Waals surface area contributed by atoms with Crippen molar-refractivity contribution in [1.29, 1.82) is 0 Å². The Hall–Kier alpha value is -1.36. The molecule has 1 N–H and O–H groups in total. The molecular formula is C8H10O5. The summed E-state index contributed by atoms with van der Waals surface area (Å²) in [7, 11) is 0. The van der Waals surface area contributed by atoms with E-state index < -0.39 is 17.7 Å². The molecule has 72 valence electrons. The minimum Gasteiger partial charge on any atom is -0.384 e. The lowest BCUT2D eigenvalue weighted by molar-refractivity contribution is -0.142. The van der Waals surface area contributed by atoms with Gasteiger partial charge in [0.25, 0.3) is 0 Å². The first kappa shape index (κ1) is 11.6. The average molecular weight is 186 g/mol. The molecule has 0 aromatic heterocycles. The first-order chi connectivity index (χ1) is 6.13. The number of carbonyl (C=O) groups is 4. The van der Waals surface area contributed by atoms with Gasteiger partial charge in [-0.1, -0.05) is 0 Å². The smallest absolute Gasteiger partial charge is 0.227 e. The Kier molecular flexibility index (Phi) is 5.54. The molecule has 5 nitrogen and oxygen atoms in total. The fourth-order valence-corrected chi connectivity index (χ4v) is 0.697. The molecule has 0 aliphatic rings. The lowest BCUT2D eigenvalue weighted by Crippen LogP contribution is -2.28. The fourth-order valence-electron chi connectivity index (χ4n) is 0.697. The molecule has 0 aliphatic heterocycles. The Balaban J connectivity index is 4.00. The van der Waals surface area contributed by atoms with Crippen molar-refractivity contribution in [1.82, 2.24) is 0 Å². The molecule has 1 unspecified atom stereocenters. The lowest BCUT2D eigenvalue weighted by atomic mass is 10.1. The van der Waals surface area contributed by atoms with Gasteiger partial charge in [0.15, 0.2) is 0 Å². The van der Waals surface area contributed by atoms with Crippen LogP contribution in [-0.4, -0.2) is 35.3 Å². The maximum absolute atomic E-state index is 10.9. The van der Waals surface area contributed by atoms with Gasteiger partial charge in [-0.2, -0.15) is 0 Å². The van der Waals surface area contributed by atoms with E-state index >= 15 is 0 Å². The van der Waals surface area contributed by atoms with Crippen molar-refractivity contribution >= 4 is 24.1 Å². The van der Waals surface area contributed by atoms with E-state index in [4.69, 9.17) is 5.11 Å². The number of hydrogen-bond acceptors (Lipinski definition) is 5. The Morgan fingerprint density at radius 1 is 1.23 bits per heavy atom. The maximum Gasteiger partial charge on any atom is 0.227 e. The highest BCUT2D eigenvalue weighted by Gasteiger charge is 2.21. The zero-order chi connectivity index (χ0) is 10.3. The van der Waals surface area contributed by atoms with Gasteiger partial charge in [0.05, 0.1) is 0 Å². The molecule has 0 saturated carbocycles. The quantitative estimate of drug-likeness (QED) is 0.409. The number of aldehydes is 2. The van der Waals surface area contributed by atoms with Crippen molar-refractivity contribution in [2.24, 2.45) is 0 Å². The molecule has 0 aliphatic carbocycles. The summed E-state index contributed by atoms with van der Waals surface area (Å²) >= 11 is 0. The van der Waals surface area contributed by atoms with E-state index in [1.807, 2.05) is 0 Å². The van der Waals surface area contributed by atoms with Crippen molar-refractivity contribution in [3.63, 3.8) is 0 Å². The van der Waals surface area contributed by atoms with Crippen LogP contribution in [0.4, 0.5) is 0 Å². The van der Waals surface area contributed by atoms with Crippen LogP contribution in [-0.2, 0) is 19.2 Å². The van der Waals surface area contributed by atoms with Gasteiger partial charge in [-0.3, -0.25) is 9.59 Å². The molecule has 0 radical (unpaired) electrons. The third-order valence-electron chi connectivity index (χ3n) is 1.39. The number of Topliss-reactive ketones (excluding diaryl/α,β-unsaturated/α-hetero) is 2. The van der Waals surface area contributed by atoms with Crippen molar-refractivity contribution in [3.8, 4) is 0 Å². The van der Waals surface area contributed by atoms with Crippen LogP contribution in [0.3, 0.4) is 0 Å². The van der Waals surface area contributed by atoms with Gasteiger partial charge >= 0.3 is 0 Å². The molecule has 0 saturated heterocycles. The van der Waals surface area contributed by atoms with Gasteiger partial charge in [0.1, 0.15) is 18.7 Å². The summed E-state index contributed by atoms with van der Waals surface area (Å²) in [5.74, 6) is -1.82. The highest BCUT2D eigenvalue weighted by Crippen LogP contribution is 1.96. The van der Waals surface area contributed by atoms with E-state index in [-0.39, 0.29) is 19.3 Å². The number of rotatable bonds is 7. The second-order valence-electron chi connectivity index (χ2n) is 2.41. The second-order valence-corrected chi connectivity index (χ2v) is 2.41. The van der Waals surface area contributed by atoms with Crippen molar-refractivity contribution in [2.75, 3.05) is 0 Å². The standard InChI is InChI=1S/C8H10O5/c9-4-1-2-6(11)8(13)7(12)3-5-10/h4-5,7,12H,1-3H2. The van der Waals surface area contributed by atoms with E-state index in [2.05, 4.69) is 0 Å². The van der Waals surface area contributed by atoms with Crippen LogP contribution in [0.25, 0.3) is 0 Å². The van der Waals surface area contributed by atoms with E-state index in [0.29, 0.717) is 12.6 Å². The van der Waals surface area contributed by atoms with Crippen LogP contribution in [0.1, 0.15) is 19.3 Å². The van der Waals surface area contributed by atoms with Gasteiger partial charge in [0, 0.05) is 19.3 Å².